The number of rotatable bonds is 3. The molecule has 11 heteroatoms. The molecule has 0 spiro atoms. The van der Waals surface area contributed by atoms with Gasteiger partial charge in [-0.3, -0.25) is 8.37 Å². The summed E-state index contributed by atoms with van der Waals surface area (Å²) >= 11 is 0. The van der Waals surface area contributed by atoms with Crippen LogP contribution in [0.5, 0.6) is 0 Å². The fourth-order valence-electron chi connectivity index (χ4n) is 1.02. The molecule has 0 bridgehead atoms. The van der Waals surface area contributed by atoms with E-state index in [1.54, 1.807) is 0 Å². The van der Waals surface area contributed by atoms with Crippen molar-refractivity contribution in [3.05, 3.63) is 0 Å². The molecular weight excluding hydrogens is 277 g/mol. The summed E-state index contributed by atoms with van der Waals surface area (Å²) in [6.45, 7) is -0.473. The minimum Gasteiger partial charge on any atom is -0.308 e. The Morgan fingerprint density at radius 3 is 2.38 bits per heavy atom. The SMILES string of the molecule is O=S(=O)(CC(F)(F)F)OC1COS(O)(O)C1. The van der Waals surface area contributed by atoms with Crippen LogP contribution in [0.25, 0.3) is 0 Å². The third-order valence-corrected chi connectivity index (χ3v) is 4.03. The minimum atomic E-state index is -4.90. The second-order valence-corrected chi connectivity index (χ2v) is 6.47. The zero-order valence-corrected chi connectivity index (χ0v) is 9.31. The first-order chi connectivity index (χ1) is 6.99. The van der Waals surface area contributed by atoms with Crippen LogP contribution in [0.2, 0.25) is 0 Å². The van der Waals surface area contributed by atoms with Gasteiger partial charge < -0.3 is 9.11 Å². The van der Waals surface area contributed by atoms with Crippen LogP contribution >= 0.6 is 10.9 Å². The lowest BCUT2D eigenvalue weighted by molar-refractivity contribution is -0.107. The van der Waals surface area contributed by atoms with Crippen LogP contribution in [-0.2, 0) is 18.5 Å². The molecule has 0 amide bonds. The number of hydrogen-bond donors (Lipinski definition) is 2. The minimum absolute atomic E-state index is 0.473. The largest absolute Gasteiger partial charge is 0.405 e. The van der Waals surface area contributed by atoms with Crippen molar-refractivity contribution in [1.29, 1.82) is 0 Å². The van der Waals surface area contributed by atoms with E-state index in [1.807, 2.05) is 0 Å². The summed E-state index contributed by atoms with van der Waals surface area (Å²) in [4.78, 5) is 0. The average molecular weight is 286 g/mol. The van der Waals surface area contributed by atoms with Crippen LogP contribution in [-0.4, -0.2) is 47.9 Å². The van der Waals surface area contributed by atoms with Gasteiger partial charge in [0, 0.05) is 0 Å². The number of halogens is 3. The number of hydrogen-bond acceptors (Lipinski definition) is 6. The molecule has 98 valence electrons. The Labute approximate surface area is 91.0 Å². The predicted octanol–water partition coefficient (Wildman–Crippen LogP) is 0.960. The lowest BCUT2D eigenvalue weighted by Crippen LogP contribution is -2.29. The van der Waals surface area contributed by atoms with Crippen molar-refractivity contribution in [2.45, 2.75) is 12.3 Å². The van der Waals surface area contributed by atoms with Gasteiger partial charge in [0.2, 0.25) is 0 Å². The summed E-state index contributed by atoms with van der Waals surface area (Å²) in [7, 11) is -8.17. The monoisotopic (exact) mass is 286 g/mol. The highest BCUT2D eigenvalue weighted by molar-refractivity contribution is 8.20. The molecule has 0 saturated carbocycles. The summed E-state index contributed by atoms with van der Waals surface area (Å²) in [5.41, 5.74) is 0. The van der Waals surface area contributed by atoms with E-state index in [0.29, 0.717) is 0 Å². The van der Waals surface area contributed by atoms with E-state index < -0.39 is 51.4 Å². The fourth-order valence-corrected chi connectivity index (χ4v) is 3.23. The summed E-state index contributed by atoms with van der Waals surface area (Å²) in [6.07, 6.45) is -6.20. The van der Waals surface area contributed by atoms with Gasteiger partial charge in [-0.05, 0) is 0 Å². The normalized spacial score (nSPS) is 27.9. The Balaban J connectivity index is 2.55. The van der Waals surface area contributed by atoms with Crippen molar-refractivity contribution >= 4 is 21.0 Å². The maximum Gasteiger partial charge on any atom is 0.405 e. The Morgan fingerprint density at radius 1 is 1.44 bits per heavy atom. The summed E-state index contributed by atoms with van der Waals surface area (Å²) in [5.74, 6) is -2.67. The lowest BCUT2D eigenvalue weighted by atomic mass is 10.5. The smallest absolute Gasteiger partial charge is 0.308 e. The van der Waals surface area contributed by atoms with E-state index in [4.69, 9.17) is 9.11 Å². The maximum atomic E-state index is 11.8. The molecular formula is C5H9F3O6S2. The van der Waals surface area contributed by atoms with E-state index in [9.17, 15) is 21.6 Å². The zero-order chi connectivity index (χ0) is 12.6. The van der Waals surface area contributed by atoms with Crippen molar-refractivity contribution in [2.24, 2.45) is 0 Å². The Hall–Kier alpha value is -0.0700. The van der Waals surface area contributed by atoms with Gasteiger partial charge in [-0.2, -0.15) is 21.6 Å². The highest BCUT2D eigenvalue weighted by atomic mass is 32.3. The molecule has 6 nitrogen and oxygen atoms in total. The van der Waals surface area contributed by atoms with Gasteiger partial charge in [-0.15, -0.1) is 0 Å². The molecule has 1 heterocycles. The highest BCUT2D eigenvalue weighted by Crippen LogP contribution is 2.46. The van der Waals surface area contributed by atoms with E-state index in [2.05, 4.69) is 8.37 Å². The third-order valence-electron chi connectivity index (χ3n) is 1.47. The van der Waals surface area contributed by atoms with Gasteiger partial charge in [-0.25, -0.2) is 0 Å². The van der Waals surface area contributed by atoms with E-state index in [-0.39, 0.29) is 0 Å². The lowest BCUT2D eigenvalue weighted by Gasteiger charge is -2.17. The summed E-state index contributed by atoms with van der Waals surface area (Å²) in [6, 6.07) is 0. The molecule has 1 rings (SSSR count). The second kappa shape index (κ2) is 4.31. The molecule has 1 atom stereocenters. The summed E-state index contributed by atoms with van der Waals surface area (Å²) in [5, 5.41) is 0. The van der Waals surface area contributed by atoms with Crippen molar-refractivity contribution in [3.8, 4) is 0 Å². The van der Waals surface area contributed by atoms with Crippen LogP contribution in [0.1, 0.15) is 0 Å². The molecule has 1 aliphatic heterocycles. The first-order valence-corrected chi connectivity index (χ1v) is 7.09. The van der Waals surface area contributed by atoms with Gasteiger partial charge in [0.25, 0.3) is 10.1 Å². The molecule has 2 N–H and O–H groups in total. The molecule has 0 aliphatic carbocycles. The van der Waals surface area contributed by atoms with Gasteiger partial charge in [0.05, 0.1) is 23.2 Å². The predicted molar refractivity (Wildman–Crippen MR) is 48.4 cm³/mol. The van der Waals surface area contributed by atoms with E-state index >= 15 is 0 Å². The fraction of sp³-hybridized carbons (Fsp3) is 1.00. The third kappa shape index (κ3) is 4.84. The quantitative estimate of drug-likeness (QED) is 0.751. The molecule has 0 aromatic carbocycles. The highest BCUT2D eigenvalue weighted by Gasteiger charge is 2.40. The summed E-state index contributed by atoms with van der Waals surface area (Å²) < 4.78 is 83.4. The number of alkyl halides is 3. The van der Waals surface area contributed by atoms with Crippen molar-refractivity contribution in [3.63, 3.8) is 0 Å². The van der Waals surface area contributed by atoms with Crippen LogP contribution in [0.3, 0.4) is 0 Å². The van der Waals surface area contributed by atoms with Crippen LogP contribution in [0, 0.1) is 0 Å². The Bertz CT molecular complexity index is 350. The van der Waals surface area contributed by atoms with Crippen molar-refractivity contribution in [2.75, 3.05) is 18.1 Å². The van der Waals surface area contributed by atoms with Gasteiger partial charge in [0.1, 0.15) is 6.10 Å². The molecule has 1 fully saturated rings. The molecule has 0 aromatic rings. The molecule has 1 aliphatic rings. The Kier molecular flexibility index (Phi) is 3.77. The molecule has 0 aromatic heterocycles. The Morgan fingerprint density at radius 2 is 2.00 bits per heavy atom. The van der Waals surface area contributed by atoms with Gasteiger partial charge in [-0.1, -0.05) is 0 Å². The topological polar surface area (TPSA) is 93.1 Å². The molecule has 0 radical (unpaired) electrons. The molecule has 16 heavy (non-hydrogen) atoms. The molecule has 1 saturated heterocycles. The van der Waals surface area contributed by atoms with Gasteiger partial charge in [0.15, 0.2) is 5.75 Å². The second-order valence-electron chi connectivity index (χ2n) is 3.09. The molecule has 1 unspecified atom stereocenters. The van der Waals surface area contributed by atoms with E-state index in [1.165, 1.54) is 0 Å². The van der Waals surface area contributed by atoms with Crippen LogP contribution in [0.15, 0.2) is 0 Å². The zero-order valence-electron chi connectivity index (χ0n) is 7.68. The van der Waals surface area contributed by atoms with Gasteiger partial charge >= 0.3 is 6.18 Å². The first-order valence-electron chi connectivity index (χ1n) is 3.87. The van der Waals surface area contributed by atoms with Crippen molar-refractivity contribution in [1.82, 2.24) is 0 Å². The standard InChI is InChI=1S/C5H9F3O6S2/c6-5(7,8)3-16(11,12)14-4-1-13-15(9,10)2-4/h4,9-10H,1-3H2. The first kappa shape index (κ1) is 14.0. The van der Waals surface area contributed by atoms with E-state index in [0.717, 1.165) is 0 Å². The average Bonchev–Trinajstić information content (AvgIpc) is 2.22. The van der Waals surface area contributed by atoms with Crippen LogP contribution in [0.4, 0.5) is 13.2 Å². The maximum absolute atomic E-state index is 11.8. The van der Waals surface area contributed by atoms with Crippen molar-refractivity contribution < 1.29 is 39.1 Å². The van der Waals surface area contributed by atoms with Crippen LogP contribution < -0.4 is 0 Å².